The molecule has 4 rings (SSSR count). The van der Waals surface area contributed by atoms with Gasteiger partial charge in [-0.15, -0.1) is 0 Å². The number of fused-ring (bicyclic) bond motifs is 1. The van der Waals surface area contributed by atoms with Crippen LogP contribution < -0.4 is 14.8 Å². The van der Waals surface area contributed by atoms with Gasteiger partial charge < -0.3 is 19.3 Å². The zero-order chi connectivity index (χ0) is 19.0. The number of halogens is 3. The summed E-state index contributed by atoms with van der Waals surface area (Å²) in [5.74, 6) is -3.54. The molecule has 9 heteroatoms. The van der Waals surface area contributed by atoms with Crippen LogP contribution in [0.15, 0.2) is 40.9 Å². The fraction of sp³-hybridized carbons (Fsp3) is 0.111. The van der Waals surface area contributed by atoms with Gasteiger partial charge in [-0.1, -0.05) is 5.16 Å². The largest absolute Gasteiger partial charge is 0.454 e. The van der Waals surface area contributed by atoms with Crippen LogP contribution in [0.2, 0.25) is 0 Å². The molecule has 2 aromatic carbocycles. The lowest BCUT2D eigenvalue weighted by Gasteiger charge is -2.06. The fourth-order valence-electron chi connectivity index (χ4n) is 2.56. The Morgan fingerprint density at radius 2 is 1.85 bits per heavy atom. The van der Waals surface area contributed by atoms with Crippen molar-refractivity contribution >= 4 is 11.6 Å². The molecule has 0 radical (unpaired) electrons. The lowest BCUT2D eigenvalue weighted by atomic mass is 10.1. The summed E-state index contributed by atoms with van der Waals surface area (Å²) in [6, 6.07) is 8.38. The van der Waals surface area contributed by atoms with Crippen LogP contribution in [0.25, 0.3) is 11.3 Å². The summed E-state index contributed by atoms with van der Waals surface area (Å²) >= 11 is 0. The fourth-order valence-corrected chi connectivity index (χ4v) is 2.56. The molecule has 0 unspecified atom stereocenters. The van der Waals surface area contributed by atoms with Crippen molar-refractivity contribution in [3.63, 3.8) is 0 Å². The highest BCUT2D eigenvalue weighted by Gasteiger charge is 2.18. The smallest absolute Gasteiger partial charge is 0.231 e. The van der Waals surface area contributed by atoms with E-state index in [-0.39, 0.29) is 18.9 Å². The van der Waals surface area contributed by atoms with Gasteiger partial charge in [0.05, 0.1) is 17.8 Å². The van der Waals surface area contributed by atoms with Crippen molar-refractivity contribution in [1.29, 1.82) is 0 Å². The maximum absolute atomic E-state index is 13.6. The first-order valence-electron chi connectivity index (χ1n) is 7.80. The number of nitrogens with one attached hydrogen (secondary N) is 1. The van der Waals surface area contributed by atoms with E-state index in [0.717, 1.165) is 12.1 Å². The average Bonchev–Trinajstić information content (AvgIpc) is 3.30. The number of nitrogens with zero attached hydrogens (tertiary/aromatic N) is 1. The number of anilines is 1. The van der Waals surface area contributed by atoms with Crippen molar-refractivity contribution in [2.75, 3.05) is 12.1 Å². The number of hydrogen-bond acceptors (Lipinski definition) is 5. The number of rotatable bonds is 4. The number of hydrogen-bond donors (Lipinski definition) is 1. The molecule has 138 valence electrons. The van der Waals surface area contributed by atoms with Crippen LogP contribution in [0.3, 0.4) is 0 Å². The van der Waals surface area contributed by atoms with Gasteiger partial charge in [0.2, 0.25) is 12.7 Å². The van der Waals surface area contributed by atoms with E-state index in [0.29, 0.717) is 22.8 Å². The molecule has 0 atom stereocenters. The molecule has 1 aromatic heterocycles. The first-order chi connectivity index (χ1) is 13.0. The molecule has 1 aliphatic rings. The molecule has 6 nitrogen and oxygen atoms in total. The summed E-state index contributed by atoms with van der Waals surface area (Å²) < 4.78 is 55.5. The SMILES string of the molecule is O=C(Cc1cc(-c2ccc3c(c2)OCO3)on1)Nc1ccc(F)c(F)c1F. The Balaban J connectivity index is 1.46. The van der Waals surface area contributed by atoms with Crippen LogP contribution in [-0.2, 0) is 11.2 Å². The number of ether oxygens (including phenoxy) is 2. The van der Waals surface area contributed by atoms with Crippen LogP contribution in [0.1, 0.15) is 5.69 Å². The van der Waals surface area contributed by atoms with Crippen LogP contribution in [-0.4, -0.2) is 17.9 Å². The molecule has 0 saturated heterocycles. The van der Waals surface area contributed by atoms with Gasteiger partial charge in [-0.3, -0.25) is 4.79 Å². The predicted molar refractivity (Wildman–Crippen MR) is 86.7 cm³/mol. The number of aromatic nitrogens is 1. The molecular formula is C18H11F3N2O4. The molecule has 1 amide bonds. The minimum Gasteiger partial charge on any atom is -0.454 e. The Kier molecular flexibility index (Phi) is 4.19. The van der Waals surface area contributed by atoms with Gasteiger partial charge in [0.15, 0.2) is 34.7 Å². The third-order valence-corrected chi connectivity index (χ3v) is 3.87. The van der Waals surface area contributed by atoms with E-state index in [1.54, 1.807) is 24.3 Å². The minimum absolute atomic E-state index is 0.140. The summed E-state index contributed by atoms with van der Waals surface area (Å²) in [4.78, 5) is 12.0. The Bertz CT molecular complexity index is 1040. The lowest BCUT2D eigenvalue weighted by Crippen LogP contribution is -2.16. The van der Waals surface area contributed by atoms with E-state index in [1.165, 1.54) is 0 Å². The lowest BCUT2D eigenvalue weighted by molar-refractivity contribution is -0.115. The molecule has 27 heavy (non-hydrogen) atoms. The van der Waals surface area contributed by atoms with Gasteiger partial charge in [-0.2, -0.15) is 0 Å². The van der Waals surface area contributed by atoms with Gasteiger partial charge in [-0.25, -0.2) is 13.2 Å². The summed E-state index contributed by atoms with van der Waals surface area (Å²) in [6.07, 6.45) is -0.244. The monoisotopic (exact) mass is 376 g/mol. The molecule has 0 bridgehead atoms. The van der Waals surface area contributed by atoms with Gasteiger partial charge >= 0.3 is 0 Å². The molecule has 3 aromatic rings. The highest BCUT2D eigenvalue weighted by Crippen LogP contribution is 2.36. The molecule has 2 heterocycles. The van der Waals surface area contributed by atoms with Crippen molar-refractivity contribution in [3.8, 4) is 22.8 Å². The van der Waals surface area contributed by atoms with Crippen LogP contribution >= 0.6 is 0 Å². The van der Waals surface area contributed by atoms with Crippen LogP contribution in [0.5, 0.6) is 11.5 Å². The average molecular weight is 376 g/mol. The summed E-state index contributed by atoms with van der Waals surface area (Å²) in [5, 5.41) is 5.96. The van der Waals surface area contributed by atoms with Crippen molar-refractivity contribution in [2.24, 2.45) is 0 Å². The molecule has 0 fully saturated rings. The van der Waals surface area contributed by atoms with Crippen molar-refractivity contribution in [3.05, 3.63) is 59.5 Å². The molecule has 1 N–H and O–H groups in total. The zero-order valence-corrected chi connectivity index (χ0v) is 13.6. The predicted octanol–water partition coefficient (Wildman–Crippen LogP) is 3.67. The van der Waals surface area contributed by atoms with E-state index >= 15 is 0 Å². The Labute approximate surface area is 150 Å². The quantitative estimate of drug-likeness (QED) is 0.704. The molecular weight excluding hydrogens is 365 g/mol. The number of carbonyl (C=O) groups excluding carboxylic acids is 1. The molecule has 0 spiro atoms. The second-order valence-electron chi connectivity index (χ2n) is 5.70. The third-order valence-electron chi connectivity index (χ3n) is 3.87. The Hall–Kier alpha value is -3.49. The Morgan fingerprint density at radius 1 is 1.04 bits per heavy atom. The normalized spacial score (nSPS) is 12.3. The van der Waals surface area contributed by atoms with E-state index in [1.807, 2.05) is 0 Å². The third kappa shape index (κ3) is 3.31. The highest BCUT2D eigenvalue weighted by molar-refractivity contribution is 5.92. The summed E-state index contributed by atoms with van der Waals surface area (Å²) in [6.45, 7) is 0.140. The number of benzene rings is 2. The topological polar surface area (TPSA) is 73.6 Å². The number of amides is 1. The highest BCUT2D eigenvalue weighted by atomic mass is 19.2. The van der Waals surface area contributed by atoms with Crippen molar-refractivity contribution in [2.45, 2.75) is 6.42 Å². The minimum atomic E-state index is -1.65. The van der Waals surface area contributed by atoms with Gasteiger partial charge in [-0.05, 0) is 30.3 Å². The van der Waals surface area contributed by atoms with Gasteiger partial charge in [0.1, 0.15) is 0 Å². The molecule has 0 aliphatic carbocycles. The maximum Gasteiger partial charge on any atom is 0.231 e. The standard InChI is InChI=1S/C18H11F3N2O4/c19-11-2-3-12(18(21)17(11)20)22-16(24)7-10-6-14(27-23-10)9-1-4-13-15(5-9)26-8-25-13/h1-6H,7-8H2,(H,22,24). The second-order valence-corrected chi connectivity index (χ2v) is 5.70. The first kappa shape index (κ1) is 17.0. The van der Waals surface area contributed by atoms with Crippen LogP contribution in [0, 0.1) is 17.5 Å². The van der Waals surface area contributed by atoms with E-state index in [4.69, 9.17) is 14.0 Å². The summed E-state index contributed by atoms with van der Waals surface area (Å²) in [5.41, 5.74) is 0.492. The molecule has 1 aliphatic heterocycles. The Morgan fingerprint density at radius 3 is 2.70 bits per heavy atom. The second kappa shape index (κ2) is 6.67. The van der Waals surface area contributed by atoms with Gasteiger partial charge in [0, 0.05) is 11.6 Å². The van der Waals surface area contributed by atoms with E-state index in [2.05, 4.69) is 10.5 Å². The summed E-state index contributed by atoms with van der Waals surface area (Å²) in [7, 11) is 0. The zero-order valence-electron chi connectivity index (χ0n) is 13.6. The van der Waals surface area contributed by atoms with Crippen molar-refractivity contribution < 1.29 is 32.0 Å². The van der Waals surface area contributed by atoms with Crippen LogP contribution in [0.4, 0.5) is 18.9 Å². The van der Waals surface area contributed by atoms with Gasteiger partial charge in [0.25, 0.3) is 0 Å². The molecule has 0 saturated carbocycles. The maximum atomic E-state index is 13.6. The number of carbonyl (C=O) groups is 1. The first-order valence-corrected chi connectivity index (χ1v) is 7.80. The van der Waals surface area contributed by atoms with E-state index in [9.17, 15) is 18.0 Å². The van der Waals surface area contributed by atoms with E-state index < -0.39 is 29.0 Å². The van der Waals surface area contributed by atoms with Crippen molar-refractivity contribution in [1.82, 2.24) is 5.16 Å².